The molecule has 0 saturated carbocycles. The number of anilines is 1. The Morgan fingerprint density at radius 2 is 1.96 bits per heavy atom. The van der Waals surface area contributed by atoms with Crippen LogP contribution >= 0.6 is 11.8 Å². The van der Waals surface area contributed by atoms with Gasteiger partial charge < -0.3 is 4.90 Å². The first-order valence-corrected chi connectivity index (χ1v) is 8.93. The third kappa shape index (κ3) is 3.85. The smallest absolute Gasteiger partial charge is 0.182 e. The molecule has 0 spiro atoms. The summed E-state index contributed by atoms with van der Waals surface area (Å²) in [5.74, 6) is 0.540. The van der Waals surface area contributed by atoms with E-state index in [-0.39, 0.29) is 18.1 Å². The highest BCUT2D eigenvalue weighted by atomic mass is 32.2. The molecule has 0 radical (unpaired) electrons. The zero-order valence-electron chi connectivity index (χ0n) is 13.5. The number of rotatable bonds is 4. The highest BCUT2D eigenvalue weighted by molar-refractivity contribution is 8.14. The lowest BCUT2D eigenvalue weighted by atomic mass is 10.1. The van der Waals surface area contributed by atoms with Crippen LogP contribution in [0.4, 0.5) is 10.1 Å². The number of hydrogen-bond acceptors (Lipinski definition) is 4. The van der Waals surface area contributed by atoms with Crippen molar-refractivity contribution >= 4 is 28.4 Å². The van der Waals surface area contributed by atoms with Crippen molar-refractivity contribution in [2.24, 2.45) is 4.99 Å². The number of hydrogen-bond donors (Lipinski definition) is 0. The van der Waals surface area contributed by atoms with Crippen molar-refractivity contribution in [3.63, 3.8) is 0 Å². The predicted molar refractivity (Wildman–Crippen MR) is 98.6 cm³/mol. The van der Waals surface area contributed by atoms with Gasteiger partial charge in [-0.1, -0.05) is 53.7 Å². The second-order valence-corrected chi connectivity index (χ2v) is 6.76. The topological polar surface area (TPSA) is 32.7 Å². The van der Waals surface area contributed by atoms with Crippen molar-refractivity contribution in [1.82, 2.24) is 0 Å². The van der Waals surface area contributed by atoms with Crippen LogP contribution in [0.5, 0.6) is 0 Å². The summed E-state index contributed by atoms with van der Waals surface area (Å²) >= 11 is 1.57. The van der Waals surface area contributed by atoms with Gasteiger partial charge in [0.1, 0.15) is 5.82 Å². The van der Waals surface area contributed by atoms with Crippen molar-refractivity contribution < 1.29 is 9.18 Å². The Labute approximate surface area is 145 Å². The van der Waals surface area contributed by atoms with E-state index in [0.717, 1.165) is 17.7 Å². The van der Waals surface area contributed by atoms with Crippen LogP contribution in [0.3, 0.4) is 0 Å². The maximum atomic E-state index is 14.3. The summed E-state index contributed by atoms with van der Waals surface area (Å²) in [4.78, 5) is 18.9. The van der Waals surface area contributed by atoms with Gasteiger partial charge in [0, 0.05) is 17.9 Å². The zero-order valence-corrected chi connectivity index (χ0v) is 14.4. The SMILES string of the molecule is Cc1ccc(C(=O)CN(C2=NCCCS2)c2ccccc2F)cc1. The van der Waals surface area contributed by atoms with E-state index < -0.39 is 0 Å². The van der Waals surface area contributed by atoms with E-state index in [4.69, 9.17) is 0 Å². The highest BCUT2D eigenvalue weighted by Crippen LogP contribution is 2.25. The molecule has 0 aromatic heterocycles. The first-order chi connectivity index (χ1) is 11.6. The number of carbonyl (C=O) groups is 1. The molecule has 0 unspecified atom stereocenters. The number of halogens is 1. The second-order valence-electron chi connectivity index (χ2n) is 5.69. The number of thioether (sulfide) groups is 1. The zero-order chi connectivity index (χ0) is 16.9. The van der Waals surface area contributed by atoms with Crippen LogP contribution in [0.25, 0.3) is 0 Å². The fourth-order valence-electron chi connectivity index (χ4n) is 2.51. The summed E-state index contributed by atoms with van der Waals surface area (Å²) < 4.78 is 14.3. The molecule has 3 rings (SSSR count). The molecule has 0 amide bonds. The fraction of sp³-hybridized carbons (Fsp3) is 0.263. The molecule has 1 aliphatic rings. The van der Waals surface area contributed by atoms with E-state index in [1.807, 2.05) is 31.2 Å². The third-order valence-corrected chi connectivity index (χ3v) is 4.93. The second kappa shape index (κ2) is 7.62. The number of para-hydroxylation sites is 1. The molecule has 124 valence electrons. The first kappa shape index (κ1) is 16.7. The van der Waals surface area contributed by atoms with Gasteiger partial charge >= 0.3 is 0 Å². The number of benzene rings is 2. The molecule has 0 aliphatic carbocycles. The molecule has 3 nitrogen and oxygen atoms in total. The summed E-state index contributed by atoms with van der Waals surface area (Å²) in [5, 5.41) is 0.715. The quantitative estimate of drug-likeness (QED) is 0.776. The standard InChI is InChI=1S/C19H19FN2OS/c1-14-7-9-15(10-8-14)18(23)13-22(19-21-11-4-12-24-19)17-6-3-2-5-16(17)20/h2-3,5-10H,4,11-13H2,1H3. The van der Waals surface area contributed by atoms with Gasteiger partial charge in [0.05, 0.1) is 12.2 Å². The molecule has 1 aliphatic heterocycles. The minimum atomic E-state index is -0.344. The third-order valence-electron chi connectivity index (χ3n) is 3.83. The summed E-state index contributed by atoms with van der Waals surface area (Å²) in [6.45, 7) is 2.77. The summed E-state index contributed by atoms with van der Waals surface area (Å²) in [5.41, 5.74) is 2.12. The Morgan fingerprint density at radius 1 is 1.21 bits per heavy atom. The normalized spacial score (nSPS) is 14.2. The molecule has 5 heteroatoms. The van der Waals surface area contributed by atoms with Gasteiger partial charge in [0.2, 0.25) is 0 Å². The number of aliphatic imine (C=N–C) groups is 1. The van der Waals surface area contributed by atoms with E-state index in [1.54, 1.807) is 34.9 Å². The maximum Gasteiger partial charge on any atom is 0.182 e. The van der Waals surface area contributed by atoms with Crippen molar-refractivity contribution in [3.05, 3.63) is 65.5 Å². The largest absolute Gasteiger partial charge is 0.311 e. The first-order valence-electron chi connectivity index (χ1n) is 7.94. The summed E-state index contributed by atoms with van der Waals surface area (Å²) in [6.07, 6.45) is 1.01. The predicted octanol–water partition coefficient (Wildman–Crippen LogP) is 4.32. The lowest BCUT2D eigenvalue weighted by molar-refractivity contribution is 0.100. The van der Waals surface area contributed by atoms with E-state index in [0.29, 0.717) is 23.0 Å². The molecule has 0 saturated heterocycles. The number of Topliss-reactive ketones (excluding diaryl/α,β-unsaturated/α-hetero) is 1. The van der Waals surface area contributed by atoms with Crippen molar-refractivity contribution in [2.75, 3.05) is 23.7 Å². The number of ketones is 1. The van der Waals surface area contributed by atoms with E-state index >= 15 is 0 Å². The van der Waals surface area contributed by atoms with Gasteiger partial charge in [0.25, 0.3) is 0 Å². The minimum Gasteiger partial charge on any atom is -0.311 e. The van der Waals surface area contributed by atoms with Gasteiger partial charge in [-0.15, -0.1) is 0 Å². The molecule has 24 heavy (non-hydrogen) atoms. The van der Waals surface area contributed by atoms with Crippen LogP contribution in [-0.2, 0) is 0 Å². The minimum absolute atomic E-state index is 0.0490. The Hall–Kier alpha value is -2.14. The van der Waals surface area contributed by atoms with Crippen molar-refractivity contribution in [3.8, 4) is 0 Å². The Bertz CT molecular complexity index is 758. The molecule has 0 bridgehead atoms. The lowest BCUT2D eigenvalue weighted by Crippen LogP contribution is -2.36. The van der Waals surface area contributed by atoms with Crippen molar-refractivity contribution in [2.45, 2.75) is 13.3 Å². The van der Waals surface area contributed by atoms with Crippen LogP contribution < -0.4 is 4.90 Å². The number of nitrogens with zero attached hydrogens (tertiary/aromatic N) is 2. The van der Waals surface area contributed by atoms with E-state index in [2.05, 4.69) is 4.99 Å². The summed E-state index contributed by atoms with van der Waals surface area (Å²) in [6, 6.07) is 14.0. The monoisotopic (exact) mass is 342 g/mol. The maximum absolute atomic E-state index is 14.3. The molecule has 2 aromatic carbocycles. The molecular formula is C19H19FN2OS. The number of amidine groups is 1. The van der Waals surface area contributed by atoms with Crippen LogP contribution in [-0.4, -0.2) is 29.8 Å². The van der Waals surface area contributed by atoms with Crippen LogP contribution in [0.1, 0.15) is 22.3 Å². The molecule has 0 fully saturated rings. The van der Waals surface area contributed by atoms with E-state index in [9.17, 15) is 9.18 Å². The molecular weight excluding hydrogens is 323 g/mol. The van der Waals surface area contributed by atoms with Gasteiger partial charge in [-0.25, -0.2) is 4.39 Å². The Balaban J connectivity index is 1.90. The number of aryl methyl sites for hydroxylation is 1. The molecule has 2 aromatic rings. The summed E-state index contributed by atoms with van der Waals surface area (Å²) in [7, 11) is 0. The number of carbonyl (C=O) groups excluding carboxylic acids is 1. The van der Waals surface area contributed by atoms with E-state index in [1.165, 1.54) is 6.07 Å². The molecule has 1 heterocycles. The van der Waals surface area contributed by atoms with Crippen LogP contribution in [0, 0.1) is 12.7 Å². The lowest BCUT2D eigenvalue weighted by Gasteiger charge is -2.27. The Morgan fingerprint density at radius 3 is 2.62 bits per heavy atom. The van der Waals surface area contributed by atoms with Crippen molar-refractivity contribution in [1.29, 1.82) is 0 Å². The van der Waals surface area contributed by atoms with Crippen LogP contribution in [0.2, 0.25) is 0 Å². The average molecular weight is 342 g/mol. The van der Waals surface area contributed by atoms with Gasteiger partial charge in [-0.2, -0.15) is 0 Å². The highest BCUT2D eigenvalue weighted by Gasteiger charge is 2.22. The Kier molecular flexibility index (Phi) is 5.30. The average Bonchev–Trinajstić information content (AvgIpc) is 2.61. The molecule has 0 N–H and O–H groups in total. The van der Waals surface area contributed by atoms with Gasteiger partial charge in [-0.05, 0) is 25.5 Å². The van der Waals surface area contributed by atoms with Gasteiger partial charge in [0.15, 0.2) is 11.0 Å². The van der Waals surface area contributed by atoms with Gasteiger partial charge in [-0.3, -0.25) is 9.79 Å². The van der Waals surface area contributed by atoms with Crippen LogP contribution in [0.15, 0.2) is 53.5 Å². The molecule has 0 atom stereocenters. The fourth-order valence-corrected chi connectivity index (χ4v) is 3.47.